The third kappa shape index (κ3) is 2.82. The summed E-state index contributed by atoms with van der Waals surface area (Å²) in [5.74, 6) is -0.206. The molecule has 0 spiro atoms. The average Bonchev–Trinajstić information content (AvgIpc) is 2.60. The molecule has 0 amide bonds. The number of hydrogen-bond donors (Lipinski definition) is 1. The lowest BCUT2D eigenvalue weighted by Crippen LogP contribution is -2.31. The molecule has 2 aromatic rings. The van der Waals surface area contributed by atoms with Gasteiger partial charge in [0.2, 0.25) is 11.6 Å². The molecule has 0 fully saturated rings. The Morgan fingerprint density at radius 1 is 0.870 bits per heavy atom. The molecule has 0 heterocycles. The van der Waals surface area contributed by atoms with Crippen molar-refractivity contribution in [3.8, 4) is 0 Å². The number of nitrogens with one attached hydrogen (secondary N) is 1. The minimum absolute atomic E-state index is 0.0598. The molecule has 1 unspecified atom stereocenters. The van der Waals surface area contributed by atoms with Crippen LogP contribution >= 0.6 is 11.8 Å². The van der Waals surface area contributed by atoms with Gasteiger partial charge in [-0.3, -0.25) is 9.59 Å². The van der Waals surface area contributed by atoms with Crippen LogP contribution in [0.2, 0.25) is 0 Å². The largest absolute Gasteiger partial charge is 0.374 e. The van der Waals surface area contributed by atoms with Crippen LogP contribution in [-0.4, -0.2) is 17.8 Å². The molecule has 0 radical (unpaired) electrons. The molecule has 1 aliphatic carbocycles. The zero-order chi connectivity index (χ0) is 16.4. The molecule has 1 atom stereocenters. The van der Waals surface area contributed by atoms with E-state index in [0.29, 0.717) is 21.7 Å². The predicted octanol–water partition coefficient (Wildman–Crippen LogP) is 3.99. The van der Waals surface area contributed by atoms with Gasteiger partial charge >= 0.3 is 0 Å². The third-order valence-corrected chi connectivity index (χ3v) is 4.74. The van der Waals surface area contributed by atoms with Crippen LogP contribution in [0.1, 0.15) is 39.2 Å². The second-order valence-corrected chi connectivity index (χ2v) is 6.21. The van der Waals surface area contributed by atoms with Crippen molar-refractivity contribution in [1.29, 1.82) is 0 Å². The number of carbonyl (C=O) groups excluding carboxylic acids is 2. The first-order valence-corrected chi connectivity index (χ1v) is 8.64. The Kier molecular flexibility index (Phi) is 4.35. The summed E-state index contributed by atoms with van der Waals surface area (Å²) in [5.41, 5.74) is 2.43. The van der Waals surface area contributed by atoms with E-state index in [0.717, 1.165) is 5.56 Å². The van der Waals surface area contributed by atoms with Crippen LogP contribution < -0.4 is 5.32 Å². The van der Waals surface area contributed by atoms with Crippen molar-refractivity contribution >= 4 is 23.3 Å². The van der Waals surface area contributed by atoms with E-state index in [-0.39, 0.29) is 17.6 Å². The highest BCUT2D eigenvalue weighted by atomic mass is 32.2. The number of fused-ring (bicyclic) bond motifs is 1. The number of carbonyl (C=O) groups is 2. The van der Waals surface area contributed by atoms with Crippen LogP contribution in [-0.2, 0) is 0 Å². The van der Waals surface area contributed by atoms with Crippen LogP contribution in [0.4, 0.5) is 0 Å². The maximum atomic E-state index is 12.8. The first-order chi connectivity index (χ1) is 11.1. The highest BCUT2D eigenvalue weighted by Crippen LogP contribution is 2.31. The molecule has 0 bridgehead atoms. The van der Waals surface area contributed by atoms with Gasteiger partial charge in [0.05, 0.1) is 4.91 Å². The molecule has 0 saturated heterocycles. The van der Waals surface area contributed by atoms with Crippen molar-refractivity contribution in [2.45, 2.75) is 13.0 Å². The number of hydrogen-bond acceptors (Lipinski definition) is 4. The minimum Gasteiger partial charge on any atom is -0.374 e. The first kappa shape index (κ1) is 15.6. The molecule has 2 aromatic carbocycles. The van der Waals surface area contributed by atoms with Gasteiger partial charge in [-0.15, -0.1) is 11.8 Å². The van der Waals surface area contributed by atoms with Gasteiger partial charge in [-0.25, -0.2) is 0 Å². The summed E-state index contributed by atoms with van der Waals surface area (Å²) < 4.78 is 0. The fourth-order valence-corrected chi connectivity index (χ4v) is 3.37. The number of thioether (sulfide) groups is 1. The molecule has 1 aliphatic rings. The summed E-state index contributed by atoms with van der Waals surface area (Å²) in [5, 5.41) is 3.25. The zero-order valence-corrected chi connectivity index (χ0v) is 13.8. The molecule has 3 rings (SSSR count). The Morgan fingerprint density at radius 2 is 1.43 bits per heavy atom. The van der Waals surface area contributed by atoms with Gasteiger partial charge in [-0.05, 0) is 18.7 Å². The van der Waals surface area contributed by atoms with Gasteiger partial charge in [-0.2, -0.15) is 0 Å². The van der Waals surface area contributed by atoms with Gasteiger partial charge in [0, 0.05) is 17.2 Å². The summed E-state index contributed by atoms with van der Waals surface area (Å²) in [7, 11) is 0. The molecular formula is C19H17NO2S. The van der Waals surface area contributed by atoms with Crippen LogP contribution in [0.3, 0.4) is 0 Å². The van der Waals surface area contributed by atoms with E-state index >= 15 is 0 Å². The summed E-state index contributed by atoms with van der Waals surface area (Å²) in [6.45, 7) is 1.98. The molecule has 1 N–H and O–H groups in total. The van der Waals surface area contributed by atoms with Gasteiger partial charge < -0.3 is 5.32 Å². The van der Waals surface area contributed by atoms with Crippen LogP contribution in [0.5, 0.6) is 0 Å². The lowest BCUT2D eigenvalue weighted by Gasteiger charge is -2.24. The molecule has 0 aliphatic heterocycles. The Bertz CT molecular complexity index is 796. The van der Waals surface area contributed by atoms with E-state index < -0.39 is 0 Å². The topological polar surface area (TPSA) is 46.2 Å². The van der Waals surface area contributed by atoms with Crippen molar-refractivity contribution < 1.29 is 9.59 Å². The van der Waals surface area contributed by atoms with Gasteiger partial charge in [0.1, 0.15) is 5.70 Å². The van der Waals surface area contributed by atoms with Gasteiger partial charge in [0.25, 0.3) is 0 Å². The normalized spacial score (nSPS) is 15.4. The lowest BCUT2D eigenvalue weighted by molar-refractivity contribution is 0.0974. The second-order valence-electron chi connectivity index (χ2n) is 5.39. The average molecular weight is 323 g/mol. The zero-order valence-electron chi connectivity index (χ0n) is 13.0. The van der Waals surface area contributed by atoms with E-state index in [1.807, 2.05) is 43.5 Å². The Balaban J connectivity index is 2.00. The van der Waals surface area contributed by atoms with Crippen molar-refractivity contribution in [2.75, 3.05) is 6.26 Å². The SMILES string of the molecule is CSC1=C(NC(C)c2ccccc2)C(=O)c2ccccc2C1=O. The first-order valence-electron chi connectivity index (χ1n) is 7.41. The van der Waals surface area contributed by atoms with E-state index in [2.05, 4.69) is 5.32 Å². The monoisotopic (exact) mass is 323 g/mol. The predicted molar refractivity (Wildman–Crippen MR) is 93.6 cm³/mol. The fraction of sp³-hybridized carbons (Fsp3) is 0.158. The number of benzene rings is 2. The molecule has 4 heteroatoms. The number of rotatable bonds is 4. The van der Waals surface area contributed by atoms with Crippen molar-refractivity contribution in [3.63, 3.8) is 0 Å². The number of allylic oxidation sites excluding steroid dienone is 2. The van der Waals surface area contributed by atoms with Crippen LogP contribution in [0.25, 0.3) is 0 Å². The quantitative estimate of drug-likeness (QED) is 0.924. The van der Waals surface area contributed by atoms with Crippen molar-refractivity contribution in [3.05, 3.63) is 81.9 Å². The van der Waals surface area contributed by atoms with E-state index in [4.69, 9.17) is 0 Å². The van der Waals surface area contributed by atoms with Gasteiger partial charge in [-0.1, -0.05) is 54.6 Å². The standard InChI is InChI=1S/C19H17NO2S/c1-12(13-8-4-3-5-9-13)20-16-17(21)14-10-6-7-11-15(14)18(22)19(16)23-2/h3-12,20H,1-2H3. The van der Waals surface area contributed by atoms with E-state index in [1.165, 1.54) is 11.8 Å². The molecule has 0 aromatic heterocycles. The summed E-state index contributed by atoms with van der Waals surface area (Å²) in [6, 6.07) is 16.8. The molecule has 0 saturated carbocycles. The minimum atomic E-state index is -0.118. The summed E-state index contributed by atoms with van der Waals surface area (Å²) in [6.07, 6.45) is 1.82. The Morgan fingerprint density at radius 3 is 2.04 bits per heavy atom. The second kappa shape index (κ2) is 6.42. The summed E-state index contributed by atoms with van der Waals surface area (Å²) >= 11 is 1.31. The maximum Gasteiger partial charge on any atom is 0.210 e. The Hall–Kier alpha value is -2.33. The molecule has 3 nitrogen and oxygen atoms in total. The van der Waals surface area contributed by atoms with E-state index in [1.54, 1.807) is 24.3 Å². The smallest absolute Gasteiger partial charge is 0.210 e. The lowest BCUT2D eigenvalue weighted by atomic mass is 9.92. The maximum absolute atomic E-state index is 12.8. The molecule has 23 heavy (non-hydrogen) atoms. The van der Waals surface area contributed by atoms with Crippen LogP contribution in [0.15, 0.2) is 65.2 Å². The highest BCUT2D eigenvalue weighted by molar-refractivity contribution is 8.03. The van der Waals surface area contributed by atoms with E-state index in [9.17, 15) is 9.59 Å². The van der Waals surface area contributed by atoms with Crippen molar-refractivity contribution in [2.24, 2.45) is 0 Å². The highest BCUT2D eigenvalue weighted by Gasteiger charge is 2.32. The third-order valence-electron chi connectivity index (χ3n) is 3.94. The molecule has 116 valence electrons. The van der Waals surface area contributed by atoms with Crippen LogP contribution in [0, 0.1) is 0 Å². The molecular weight excluding hydrogens is 306 g/mol. The van der Waals surface area contributed by atoms with Crippen molar-refractivity contribution in [1.82, 2.24) is 5.32 Å². The fourth-order valence-electron chi connectivity index (χ4n) is 2.72. The Labute approximate surface area is 139 Å². The number of Topliss-reactive ketones (excluding diaryl/α,β-unsaturated/α-hetero) is 2. The number of ketones is 2. The summed E-state index contributed by atoms with van der Waals surface area (Å²) in [4.78, 5) is 25.9. The van der Waals surface area contributed by atoms with Gasteiger partial charge in [0.15, 0.2) is 0 Å².